The first kappa shape index (κ1) is 18.4. The Bertz CT molecular complexity index is 923. The largest absolute Gasteiger partial charge is 0.497 e. The van der Waals surface area contributed by atoms with E-state index >= 15 is 0 Å². The zero-order chi connectivity index (χ0) is 18.7. The average molecular weight is 375 g/mol. The average Bonchev–Trinajstić information content (AvgIpc) is 2.67. The number of rotatable bonds is 5. The molecule has 7 heteroatoms. The summed E-state index contributed by atoms with van der Waals surface area (Å²) in [6.07, 6.45) is 2.49. The number of esters is 1. The van der Waals surface area contributed by atoms with E-state index < -0.39 is 16.0 Å². The minimum atomic E-state index is -3.77. The predicted molar refractivity (Wildman–Crippen MR) is 96.8 cm³/mol. The third kappa shape index (κ3) is 3.73. The van der Waals surface area contributed by atoms with Crippen molar-refractivity contribution in [1.82, 2.24) is 4.72 Å². The van der Waals surface area contributed by atoms with Crippen molar-refractivity contribution in [3.63, 3.8) is 0 Å². The van der Waals surface area contributed by atoms with Gasteiger partial charge in [-0.2, -0.15) is 0 Å². The fourth-order valence-corrected chi connectivity index (χ4v) is 4.50. The molecule has 0 bridgehead atoms. The summed E-state index contributed by atoms with van der Waals surface area (Å²) < 4.78 is 38.3. The maximum atomic E-state index is 12.8. The molecule has 0 saturated heterocycles. The standard InChI is InChI=1S/C19H21NO5S/c1-24-15-9-10-17-13(11-15)5-4-8-18(17)20-26(22,23)16-7-3-6-14(12-16)19(21)25-2/h3,6-7,9-12,18,20H,4-5,8H2,1-2H3. The van der Waals surface area contributed by atoms with E-state index in [9.17, 15) is 13.2 Å². The lowest BCUT2D eigenvalue weighted by Crippen LogP contribution is -2.31. The topological polar surface area (TPSA) is 81.7 Å². The molecule has 1 aliphatic rings. The second-order valence-electron chi connectivity index (χ2n) is 6.15. The van der Waals surface area contributed by atoms with Gasteiger partial charge in [-0.25, -0.2) is 17.9 Å². The number of benzene rings is 2. The zero-order valence-corrected chi connectivity index (χ0v) is 15.5. The first-order valence-corrected chi connectivity index (χ1v) is 9.80. The maximum absolute atomic E-state index is 12.8. The third-order valence-corrected chi connectivity index (χ3v) is 6.00. The van der Waals surface area contributed by atoms with Gasteiger partial charge in [-0.1, -0.05) is 12.1 Å². The summed E-state index contributed by atoms with van der Waals surface area (Å²) in [6, 6.07) is 11.2. The number of fused-ring (bicyclic) bond motifs is 1. The van der Waals surface area contributed by atoms with Gasteiger partial charge in [-0.05, 0) is 60.7 Å². The van der Waals surface area contributed by atoms with Crippen LogP contribution in [0.25, 0.3) is 0 Å². The van der Waals surface area contributed by atoms with E-state index in [4.69, 9.17) is 4.74 Å². The number of nitrogens with one attached hydrogen (secondary N) is 1. The highest BCUT2D eigenvalue weighted by molar-refractivity contribution is 7.89. The summed E-state index contributed by atoms with van der Waals surface area (Å²) in [7, 11) is -0.902. The highest BCUT2D eigenvalue weighted by Gasteiger charge is 2.26. The molecule has 2 aromatic rings. The molecule has 0 radical (unpaired) electrons. The van der Waals surface area contributed by atoms with E-state index in [1.165, 1.54) is 31.4 Å². The molecule has 0 fully saturated rings. The number of carbonyl (C=O) groups is 1. The number of carbonyl (C=O) groups excluding carboxylic acids is 1. The third-order valence-electron chi connectivity index (χ3n) is 4.53. The van der Waals surface area contributed by atoms with Gasteiger partial charge in [0.05, 0.1) is 24.7 Å². The Balaban J connectivity index is 1.88. The lowest BCUT2D eigenvalue weighted by Gasteiger charge is -2.26. The van der Waals surface area contributed by atoms with Crippen molar-refractivity contribution in [2.45, 2.75) is 30.2 Å². The van der Waals surface area contributed by atoms with Gasteiger partial charge in [-0.15, -0.1) is 0 Å². The van der Waals surface area contributed by atoms with Crippen LogP contribution in [0.15, 0.2) is 47.4 Å². The quantitative estimate of drug-likeness (QED) is 0.813. The molecule has 0 amide bonds. The molecule has 1 N–H and O–H groups in total. The lowest BCUT2D eigenvalue weighted by molar-refractivity contribution is 0.0600. The Hall–Kier alpha value is -2.38. The van der Waals surface area contributed by atoms with Crippen molar-refractivity contribution >= 4 is 16.0 Å². The van der Waals surface area contributed by atoms with Crippen LogP contribution >= 0.6 is 0 Å². The van der Waals surface area contributed by atoms with Crippen molar-refractivity contribution in [1.29, 1.82) is 0 Å². The molecule has 0 aromatic heterocycles. The van der Waals surface area contributed by atoms with Crippen molar-refractivity contribution < 1.29 is 22.7 Å². The van der Waals surface area contributed by atoms with Gasteiger partial charge in [0, 0.05) is 6.04 Å². The second kappa shape index (κ2) is 7.47. The molecular formula is C19H21NO5S. The summed E-state index contributed by atoms with van der Waals surface area (Å²) in [4.78, 5) is 11.7. The van der Waals surface area contributed by atoms with Gasteiger partial charge in [0.2, 0.25) is 10.0 Å². The Morgan fingerprint density at radius 1 is 1.15 bits per heavy atom. The normalized spacial score (nSPS) is 16.6. The summed E-state index contributed by atoms with van der Waals surface area (Å²) in [5.41, 5.74) is 2.25. The number of aryl methyl sites for hydroxylation is 1. The minimum Gasteiger partial charge on any atom is -0.497 e. The predicted octanol–water partition coefficient (Wildman–Crippen LogP) is 2.84. The molecular weight excluding hydrogens is 354 g/mol. The molecule has 26 heavy (non-hydrogen) atoms. The first-order chi connectivity index (χ1) is 12.4. The van der Waals surface area contributed by atoms with Crippen LogP contribution < -0.4 is 9.46 Å². The van der Waals surface area contributed by atoms with E-state index in [0.29, 0.717) is 0 Å². The molecule has 3 rings (SSSR count). The van der Waals surface area contributed by atoms with Crippen molar-refractivity contribution in [3.05, 3.63) is 59.2 Å². The van der Waals surface area contributed by atoms with Gasteiger partial charge >= 0.3 is 5.97 Å². The van der Waals surface area contributed by atoms with Crippen molar-refractivity contribution in [3.8, 4) is 5.75 Å². The maximum Gasteiger partial charge on any atom is 0.337 e. The molecule has 0 spiro atoms. The second-order valence-corrected chi connectivity index (χ2v) is 7.86. The van der Waals surface area contributed by atoms with Crippen molar-refractivity contribution in [2.24, 2.45) is 0 Å². The number of hydrogen-bond donors (Lipinski definition) is 1. The number of methoxy groups -OCH3 is 2. The fraction of sp³-hybridized carbons (Fsp3) is 0.316. The van der Waals surface area contributed by atoms with Crippen LogP contribution in [0.2, 0.25) is 0 Å². The lowest BCUT2D eigenvalue weighted by atomic mass is 9.88. The summed E-state index contributed by atoms with van der Waals surface area (Å²) in [5.74, 6) is 0.190. The number of ether oxygens (including phenoxy) is 2. The van der Waals surface area contributed by atoms with Crippen LogP contribution in [0, 0.1) is 0 Å². The summed E-state index contributed by atoms with van der Waals surface area (Å²) in [5, 5.41) is 0. The van der Waals surface area contributed by atoms with Gasteiger partial charge in [-0.3, -0.25) is 0 Å². The zero-order valence-electron chi connectivity index (χ0n) is 14.7. The van der Waals surface area contributed by atoms with Gasteiger partial charge in [0.25, 0.3) is 0 Å². The molecule has 0 heterocycles. The van der Waals surface area contributed by atoms with Gasteiger partial charge < -0.3 is 9.47 Å². The Labute approximate surface area is 153 Å². The smallest absolute Gasteiger partial charge is 0.337 e. The Morgan fingerprint density at radius 2 is 1.96 bits per heavy atom. The summed E-state index contributed by atoms with van der Waals surface area (Å²) >= 11 is 0. The number of hydrogen-bond acceptors (Lipinski definition) is 5. The fourth-order valence-electron chi connectivity index (χ4n) is 3.20. The van der Waals surface area contributed by atoms with E-state index in [0.717, 1.165) is 36.1 Å². The Kier molecular flexibility index (Phi) is 5.29. The van der Waals surface area contributed by atoms with Crippen LogP contribution in [0.3, 0.4) is 0 Å². The van der Waals surface area contributed by atoms with E-state index in [-0.39, 0.29) is 16.5 Å². The molecule has 1 atom stereocenters. The molecule has 1 aliphatic carbocycles. The van der Waals surface area contributed by atoms with Crippen molar-refractivity contribution in [2.75, 3.05) is 14.2 Å². The van der Waals surface area contributed by atoms with Crippen LogP contribution in [-0.4, -0.2) is 28.6 Å². The SMILES string of the molecule is COC(=O)c1cccc(S(=O)(=O)NC2CCCc3cc(OC)ccc32)c1. The van der Waals surface area contributed by atoms with Crippen LogP contribution in [0.1, 0.15) is 40.4 Å². The van der Waals surface area contributed by atoms with Crippen LogP contribution in [-0.2, 0) is 21.2 Å². The van der Waals surface area contributed by atoms with E-state index in [2.05, 4.69) is 9.46 Å². The highest BCUT2D eigenvalue weighted by atomic mass is 32.2. The molecule has 1 unspecified atom stereocenters. The first-order valence-electron chi connectivity index (χ1n) is 8.32. The minimum absolute atomic E-state index is 0.0426. The van der Waals surface area contributed by atoms with Gasteiger partial charge in [0.1, 0.15) is 5.75 Å². The van der Waals surface area contributed by atoms with E-state index in [1.807, 2.05) is 18.2 Å². The van der Waals surface area contributed by atoms with Gasteiger partial charge in [0.15, 0.2) is 0 Å². The Morgan fingerprint density at radius 3 is 2.69 bits per heavy atom. The number of sulfonamides is 1. The molecule has 0 saturated carbocycles. The monoisotopic (exact) mass is 375 g/mol. The molecule has 138 valence electrons. The molecule has 2 aromatic carbocycles. The molecule has 6 nitrogen and oxygen atoms in total. The highest BCUT2D eigenvalue weighted by Crippen LogP contribution is 2.33. The van der Waals surface area contributed by atoms with E-state index in [1.54, 1.807) is 7.11 Å². The van der Waals surface area contributed by atoms with Crippen LogP contribution in [0.4, 0.5) is 0 Å². The van der Waals surface area contributed by atoms with Crippen LogP contribution in [0.5, 0.6) is 5.75 Å². The summed E-state index contributed by atoms with van der Waals surface area (Å²) in [6.45, 7) is 0. The molecule has 0 aliphatic heterocycles.